The number of hydrogen-bond donors (Lipinski definition) is 3. The molecule has 3 N–H and O–H groups in total. The first-order chi connectivity index (χ1) is 15.0. The number of benzene rings is 3. The number of ether oxygens (including phenoxy) is 2. The van der Waals surface area contributed by atoms with Crippen LogP contribution in [0.4, 0.5) is 11.4 Å². The molecule has 1 atom stereocenters. The Balaban J connectivity index is 1.91. The van der Waals surface area contributed by atoms with Gasteiger partial charge in [-0.1, -0.05) is 36.4 Å². The van der Waals surface area contributed by atoms with Crippen molar-refractivity contribution in [1.82, 2.24) is 0 Å². The number of aryl methyl sites for hydroxylation is 1. The highest BCUT2D eigenvalue weighted by molar-refractivity contribution is 5.98. The summed E-state index contributed by atoms with van der Waals surface area (Å²) in [7, 11) is 1.57. The van der Waals surface area contributed by atoms with Gasteiger partial charge in [-0.25, -0.2) is 0 Å². The van der Waals surface area contributed by atoms with Crippen LogP contribution in [0.25, 0.3) is 0 Å². The quantitative estimate of drug-likeness (QED) is 0.468. The Labute approximate surface area is 182 Å². The summed E-state index contributed by atoms with van der Waals surface area (Å²) < 4.78 is 10.9. The van der Waals surface area contributed by atoms with E-state index in [0.29, 0.717) is 35.0 Å². The molecule has 0 aliphatic rings. The number of amides is 1. The highest BCUT2D eigenvalue weighted by Crippen LogP contribution is 2.29. The highest BCUT2D eigenvalue weighted by atomic mass is 16.5. The average molecular weight is 421 g/mol. The third kappa shape index (κ3) is 5.55. The monoisotopic (exact) mass is 420 g/mol. The summed E-state index contributed by atoms with van der Waals surface area (Å²) in [6, 6.07) is 19.9. The summed E-state index contributed by atoms with van der Waals surface area (Å²) in [6.45, 7) is 4.20. The van der Waals surface area contributed by atoms with E-state index >= 15 is 0 Å². The van der Waals surface area contributed by atoms with E-state index < -0.39 is 6.04 Å². The molecule has 0 aliphatic carbocycles. The summed E-state index contributed by atoms with van der Waals surface area (Å²) >= 11 is 0. The van der Waals surface area contributed by atoms with E-state index in [1.54, 1.807) is 19.2 Å². The Morgan fingerprint density at radius 2 is 1.77 bits per heavy atom. The van der Waals surface area contributed by atoms with Gasteiger partial charge in [0, 0.05) is 11.3 Å². The van der Waals surface area contributed by atoms with E-state index in [-0.39, 0.29) is 12.5 Å². The molecule has 162 valence electrons. The molecule has 31 heavy (non-hydrogen) atoms. The Morgan fingerprint density at radius 1 is 1.03 bits per heavy atom. The molecule has 0 saturated carbocycles. The molecule has 0 heterocycles. The van der Waals surface area contributed by atoms with Gasteiger partial charge in [0.2, 0.25) is 0 Å². The molecule has 3 aromatic rings. The first-order valence-electron chi connectivity index (χ1n) is 10.2. The zero-order chi connectivity index (χ0) is 22.2. The van der Waals surface area contributed by atoms with E-state index in [4.69, 9.17) is 9.47 Å². The Bertz CT molecular complexity index is 1020. The molecule has 6 heteroatoms. The van der Waals surface area contributed by atoms with Gasteiger partial charge in [0.1, 0.15) is 17.5 Å². The fourth-order valence-electron chi connectivity index (χ4n) is 3.33. The van der Waals surface area contributed by atoms with Gasteiger partial charge in [0.05, 0.1) is 26.0 Å². The van der Waals surface area contributed by atoms with Crippen LogP contribution in [0.5, 0.6) is 11.5 Å². The van der Waals surface area contributed by atoms with Gasteiger partial charge in [-0.2, -0.15) is 0 Å². The molecule has 0 fully saturated rings. The summed E-state index contributed by atoms with van der Waals surface area (Å²) in [5, 5.41) is 16.0. The molecule has 0 unspecified atom stereocenters. The minimum absolute atomic E-state index is 0.159. The number of aliphatic hydroxyl groups excluding tert-OH is 1. The third-order valence-electron chi connectivity index (χ3n) is 4.85. The lowest BCUT2D eigenvalue weighted by Crippen LogP contribution is -2.27. The van der Waals surface area contributed by atoms with Crippen LogP contribution in [0.1, 0.15) is 29.7 Å². The van der Waals surface area contributed by atoms with Crippen molar-refractivity contribution in [2.45, 2.75) is 26.5 Å². The van der Waals surface area contributed by atoms with Crippen LogP contribution in [-0.2, 0) is 11.4 Å². The van der Waals surface area contributed by atoms with Crippen molar-refractivity contribution in [3.05, 3.63) is 83.4 Å². The van der Waals surface area contributed by atoms with Crippen molar-refractivity contribution in [2.24, 2.45) is 0 Å². The van der Waals surface area contributed by atoms with Crippen LogP contribution in [0.15, 0.2) is 66.7 Å². The van der Waals surface area contributed by atoms with Gasteiger partial charge in [0.15, 0.2) is 0 Å². The minimum atomic E-state index is -0.657. The van der Waals surface area contributed by atoms with Crippen molar-refractivity contribution in [3.63, 3.8) is 0 Å². The van der Waals surface area contributed by atoms with Crippen LogP contribution in [0.2, 0.25) is 0 Å². The maximum absolute atomic E-state index is 13.3. The van der Waals surface area contributed by atoms with Crippen molar-refractivity contribution in [1.29, 1.82) is 0 Å². The van der Waals surface area contributed by atoms with Crippen LogP contribution < -0.4 is 20.1 Å². The Kier molecular flexibility index (Phi) is 7.51. The molecule has 3 aromatic carbocycles. The molecule has 3 rings (SSSR count). The minimum Gasteiger partial charge on any atom is -0.495 e. The molecule has 0 aromatic heterocycles. The maximum Gasteiger partial charge on any atom is 0.251 e. The van der Waals surface area contributed by atoms with Gasteiger partial charge < -0.3 is 25.2 Å². The van der Waals surface area contributed by atoms with Crippen LogP contribution >= 0.6 is 0 Å². The maximum atomic E-state index is 13.3. The van der Waals surface area contributed by atoms with Crippen molar-refractivity contribution < 1.29 is 19.4 Å². The second-order valence-corrected chi connectivity index (χ2v) is 7.09. The summed E-state index contributed by atoms with van der Waals surface area (Å²) in [5.74, 6) is 0.990. The molecule has 0 radical (unpaired) electrons. The van der Waals surface area contributed by atoms with Gasteiger partial charge in [-0.3, -0.25) is 4.79 Å². The molecule has 0 bridgehead atoms. The van der Waals surface area contributed by atoms with Crippen LogP contribution in [0, 0.1) is 6.92 Å². The van der Waals surface area contributed by atoms with Crippen molar-refractivity contribution in [2.75, 3.05) is 24.4 Å². The SMILES string of the molecule is CCOc1ccc(N[C@H](C(=O)Nc2cc(C)ccc2OC)c2ccccc2)cc1CO. The number of hydrogen-bond acceptors (Lipinski definition) is 5. The first-order valence-corrected chi connectivity index (χ1v) is 10.2. The first kappa shape index (κ1) is 22.2. The summed E-state index contributed by atoms with van der Waals surface area (Å²) in [4.78, 5) is 13.3. The number of carbonyl (C=O) groups excluding carboxylic acids is 1. The van der Waals surface area contributed by atoms with E-state index in [1.807, 2.05) is 68.4 Å². The van der Waals surface area contributed by atoms with E-state index in [0.717, 1.165) is 11.1 Å². The predicted octanol–water partition coefficient (Wildman–Crippen LogP) is 4.69. The van der Waals surface area contributed by atoms with Crippen molar-refractivity contribution >= 4 is 17.3 Å². The second kappa shape index (κ2) is 10.5. The molecule has 0 aliphatic heterocycles. The standard InChI is InChI=1S/C25H28N2O4/c1-4-31-22-13-11-20(15-19(22)16-28)26-24(18-8-6-5-7-9-18)25(29)27-21-14-17(2)10-12-23(21)30-3/h5-15,24,26,28H,4,16H2,1-3H3,(H,27,29)/t24-/m0/s1. The molecule has 1 amide bonds. The number of rotatable bonds is 9. The topological polar surface area (TPSA) is 79.8 Å². The van der Waals surface area contributed by atoms with Gasteiger partial charge in [-0.05, 0) is 55.3 Å². The summed E-state index contributed by atoms with van der Waals surface area (Å²) in [5.41, 5.74) is 3.79. The third-order valence-corrected chi connectivity index (χ3v) is 4.85. The molecular formula is C25H28N2O4. The number of anilines is 2. The van der Waals surface area contributed by atoms with Crippen LogP contribution in [-0.4, -0.2) is 24.7 Å². The zero-order valence-corrected chi connectivity index (χ0v) is 18.0. The number of aliphatic hydroxyl groups is 1. The van der Waals surface area contributed by atoms with Gasteiger partial charge >= 0.3 is 0 Å². The van der Waals surface area contributed by atoms with E-state index in [2.05, 4.69) is 10.6 Å². The highest BCUT2D eigenvalue weighted by Gasteiger charge is 2.22. The normalized spacial score (nSPS) is 11.5. The van der Waals surface area contributed by atoms with Crippen molar-refractivity contribution in [3.8, 4) is 11.5 Å². The molecule has 0 saturated heterocycles. The fourth-order valence-corrected chi connectivity index (χ4v) is 3.33. The smallest absolute Gasteiger partial charge is 0.251 e. The van der Waals surface area contributed by atoms with Gasteiger partial charge in [-0.15, -0.1) is 0 Å². The lowest BCUT2D eigenvalue weighted by molar-refractivity contribution is -0.117. The largest absolute Gasteiger partial charge is 0.495 e. The van der Waals surface area contributed by atoms with E-state index in [1.165, 1.54) is 0 Å². The Morgan fingerprint density at radius 3 is 2.45 bits per heavy atom. The zero-order valence-electron chi connectivity index (χ0n) is 18.0. The predicted molar refractivity (Wildman–Crippen MR) is 123 cm³/mol. The molecular weight excluding hydrogens is 392 g/mol. The number of carbonyl (C=O) groups is 1. The fraction of sp³-hybridized carbons (Fsp3) is 0.240. The second-order valence-electron chi connectivity index (χ2n) is 7.09. The lowest BCUT2D eigenvalue weighted by atomic mass is 10.0. The average Bonchev–Trinajstić information content (AvgIpc) is 2.79. The molecule has 6 nitrogen and oxygen atoms in total. The lowest BCUT2D eigenvalue weighted by Gasteiger charge is -2.22. The Hall–Kier alpha value is -3.51. The van der Waals surface area contributed by atoms with Crippen LogP contribution in [0.3, 0.4) is 0 Å². The molecule has 0 spiro atoms. The van der Waals surface area contributed by atoms with Gasteiger partial charge in [0.25, 0.3) is 5.91 Å². The summed E-state index contributed by atoms with van der Waals surface area (Å²) in [6.07, 6.45) is 0. The van der Waals surface area contributed by atoms with E-state index in [9.17, 15) is 9.90 Å². The number of nitrogens with one attached hydrogen (secondary N) is 2. The number of methoxy groups -OCH3 is 1.